The van der Waals surface area contributed by atoms with Crippen LogP contribution in [0.3, 0.4) is 0 Å². The van der Waals surface area contributed by atoms with Crippen molar-refractivity contribution >= 4 is 17.8 Å². The molecule has 0 bridgehead atoms. The summed E-state index contributed by atoms with van der Waals surface area (Å²) in [6.45, 7) is 4.50. The van der Waals surface area contributed by atoms with Gasteiger partial charge in [0.25, 0.3) is 5.91 Å². The standard InChI is InChI=1S/C21H27N7O2/c29-19(26-6-2-7-27(10-9-26)21-23-4-1-5-24-21)16-11-15-3-8-28(13-17(15)16)20(30)18-12-22-14-25-18/h1,4-5,12,14-17H,2-3,6-11,13H2,(H,22,25)/t15-,16-,17-/m1/s1. The quantitative estimate of drug-likeness (QED) is 0.813. The minimum absolute atomic E-state index is 0.0164. The van der Waals surface area contributed by atoms with Crippen molar-refractivity contribution in [3.05, 3.63) is 36.7 Å². The van der Waals surface area contributed by atoms with Crippen LogP contribution in [0, 0.1) is 17.8 Å². The highest BCUT2D eigenvalue weighted by Crippen LogP contribution is 2.46. The molecule has 1 saturated carbocycles. The lowest BCUT2D eigenvalue weighted by molar-refractivity contribution is -0.147. The van der Waals surface area contributed by atoms with Crippen molar-refractivity contribution in [2.45, 2.75) is 19.3 Å². The van der Waals surface area contributed by atoms with Crippen molar-refractivity contribution in [2.24, 2.45) is 17.8 Å². The maximum atomic E-state index is 13.3. The summed E-state index contributed by atoms with van der Waals surface area (Å²) in [4.78, 5) is 47.5. The number of piperidine rings is 1. The van der Waals surface area contributed by atoms with E-state index in [1.165, 1.54) is 6.33 Å². The van der Waals surface area contributed by atoms with E-state index >= 15 is 0 Å². The van der Waals surface area contributed by atoms with Gasteiger partial charge in [-0.3, -0.25) is 9.59 Å². The Bertz CT molecular complexity index is 888. The Kier molecular flexibility index (Phi) is 5.10. The van der Waals surface area contributed by atoms with Gasteiger partial charge in [0.1, 0.15) is 5.69 Å². The fraction of sp³-hybridized carbons (Fsp3) is 0.571. The predicted octanol–water partition coefficient (Wildman–Crippen LogP) is 1.04. The summed E-state index contributed by atoms with van der Waals surface area (Å²) in [6.07, 6.45) is 9.45. The summed E-state index contributed by atoms with van der Waals surface area (Å²) in [5.41, 5.74) is 0.520. The second-order valence-electron chi connectivity index (χ2n) is 8.49. The highest BCUT2D eigenvalue weighted by molar-refractivity contribution is 5.92. The zero-order chi connectivity index (χ0) is 20.5. The Balaban J connectivity index is 1.20. The van der Waals surface area contributed by atoms with Crippen LogP contribution in [0.5, 0.6) is 0 Å². The third-order valence-corrected chi connectivity index (χ3v) is 6.86. The lowest BCUT2D eigenvalue weighted by Gasteiger charge is -2.51. The van der Waals surface area contributed by atoms with E-state index in [4.69, 9.17) is 0 Å². The third-order valence-electron chi connectivity index (χ3n) is 6.86. The van der Waals surface area contributed by atoms with E-state index < -0.39 is 0 Å². The minimum atomic E-state index is -0.0164. The van der Waals surface area contributed by atoms with Gasteiger partial charge in [0.2, 0.25) is 11.9 Å². The van der Waals surface area contributed by atoms with Gasteiger partial charge in [-0.25, -0.2) is 15.0 Å². The van der Waals surface area contributed by atoms with Gasteiger partial charge in [0.15, 0.2) is 0 Å². The molecule has 0 aromatic carbocycles. The Morgan fingerprint density at radius 2 is 1.90 bits per heavy atom. The number of aromatic nitrogens is 4. The van der Waals surface area contributed by atoms with Crippen LogP contribution in [-0.4, -0.2) is 80.8 Å². The molecule has 3 atom stereocenters. The van der Waals surface area contributed by atoms with Crippen LogP contribution < -0.4 is 4.90 Å². The van der Waals surface area contributed by atoms with Crippen LogP contribution in [0.25, 0.3) is 0 Å². The molecule has 5 rings (SSSR count). The molecule has 9 heteroatoms. The smallest absolute Gasteiger partial charge is 0.271 e. The molecule has 4 heterocycles. The SMILES string of the molecule is O=C(c1cnc[nH]1)N1CC[C@@H]2C[C@@H](C(=O)N3CCCN(c4ncccn4)CC3)[C@@H]2C1. The van der Waals surface area contributed by atoms with Crippen molar-refractivity contribution < 1.29 is 9.59 Å². The van der Waals surface area contributed by atoms with Crippen molar-refractivity contribution in [2.75, 3.05) is 44.2 Å². The molecule has 3 aliphatic rings. The number of fused-ring (bicyclic) bond motifs is 1. The van der Waals surface area contributed by atoms with Crippen molar-refractivity contribution in [1.29, 1.82) is 0 Å². The van der Waals surface area contributed by atoms with E-state index in [0.29, 0.717) is 24.7 Å². The topological polar surface area (TPSA) is 98.3 Å². The number of aromatic amines is 1. The van der Waals surface area contributed by atoms with Crippen LogP contribution in [0.4, 0.5) is 5.95 Å². The van der Waals surface area contributed by atoms with E-state index in [0.717, 1.165) is 51.4 Å². The van der Waals surface area contributed by atoms with Gasteiger partial charge < -0.3 is 19.7 Å². The second-order valence-corrected chi connectivity index (χ2v) is 8.49. The van der Waals surface area contributed by atoms with E-state index in [9.17, 15) is 9.59 Å². The fourth-order valence-electron chi connectivity index (χ4n) is 5.12. The van der Waals surface area contributed by atoms with Crippen LogP contribution >= 0.6 is 0 Å². The van der Waals surface area contributed by atoms with Gasteiger partial charge >= 0.3 is 0 Å². The number of hydrogen-bond acceptors (Lipinski definition) is 6. The van der Waals surface area contributed by atoms with Crippen molar-refractivity contribution in [3.8, 4) is 0 Å². The zero-order valence-corrected chi connectivity index (χ0v) is 17.0. The monoisotopic (exact) mass is 409 g/mol. The summed E-state index contributed by atoms with van der Waals surface area (Å²) in [5, 5.41) is 0. The van der Waals surface area contributed by atoms with Gasteiger partial charge in [-0.1, -0.05) is 0 Å². The van der Waals surface area contributed by atoms with Gasteiger partial charge in [0.05, 0.1) is 12.5 Å². The lowest BCUT2D eigenvalue weighted by atomic mass is 9.61. The second kappa shape index (κ2) is 8.04. The highest BCUT2D eigenvalue weighted by atomic mass is 16.2. The Labute approximate surface area is 175 Å². The predicted molar refractivity (Wildman–Crippen MR) is 110 cm³/mol. The highest BCUT2D eigenvalue weighted by Gasteiger charge is 2.49. The van der Waals surface area contributed by atoms with Gasteiger partial charge in [-0.15, -0.1) is 0 Å². The maximum absolute atomic E-state index is 13.3. The zero-order valence-electron chi connectivity index (χ0n) is 17.0. The molecule has 1 aliphatic carbocycles. The first-order chi connectivity index (χ1) is 14.7. The molecular formula is C21H27N7O2. The molecule has 3 fully saturated rings. The largest absolute Gasteiger partial charge is 0.341 e. The molecule has 0 spiro atoms. The van der Waals surface area contributed by atoms with Crippen LogP contribution in [-0.2, 0) is 4.79 Å². The molecule has 2 aliphatic heterocycles. The summed E-state index contributed by atoms with van der Waals surface area (Å²) >= 11 is 0. The van der Waals surface area contributed by atoms with E-state index in [2.05, 4.69) is 24.8 Å². The molecule has 2 saturated heterocycles. The Morgan fingerprint density at radius 1 is 1.03 bits per heavy atom. The molecule has 2 aromatic heterocycles. The lowest BCUT2D eigenvalue weighted by Crippen LogP contribution is -2.56. The molecule has 0 unspecified atom stereocenters. The first-order valence-electron chi connectivity index (χ1n) is 10.8. The molecular weight excluding hydrogens is 382 g/mol. The number of H-pyrrole nitrogens is 1. The van der Waals surface area contributed by atoms with Crippen LogP contribution in [0.1, 0.15) is 29.8 Å². The molecule has 2 aromatic rings. The average molecular weight is 409 g/mol. The van der Waals surface area contributed by atoms with E-state index in [-0.39, 0.29) is 23.7 Å². The van der Waals surface area contributed by atoms with Crippen LogP contribution in [0.2, 0.25) is 0 Å². The first-order valence-corrected chi connectivity index (χ1v) is 10.8. The molecule has 9 nitrogen and oxygen atoms in total. The number of anilines is 1. The fourth-order valence-corrected chi connectivity index (χ4v) is 5.12. The average Bonchev–Trinajstić information content (AvgIpc) is 3.19. The third kappa shape index (κ3) is 3.53. The summed E-state index contributed by atoms with van der Waals surface area (Å²) < 4.78 is 0. The number of likely N-dealkylation sites (tertiary alicyclic amines) is 1. The summed E-state index contributed by atoms with van der Waals surface area (Å²) in [6, 6.07) is 1.81. The number of hydrogen-bond donors (Lipinski definition) is 1. The molecule has 2 amide bonds. The van der Waals surface area contributed by atoms with E-state index in [1.54, 1.807) is 18.6 Å². The minimum Gasteiger partial charge on any atom is -0.341 e. The van der Waals surface area contributed by atoms with Crippen molar-refractivity contribution in [3.63, 3.8) is 0 Å². The number of carbonyl (C=O) groups excluding carboxylic acids is 2. The van der Waals surface area contributed by atoms with Gasteiger partial charge in [-0.05, 0) is 37.2 Å². The summed E-state index contributed by atoms with van der Waals surface area (Å²) in [7, 11) is 0. The normalized spacial score (nSPS) is 26.5. The number of rotatable bonds is 3. The molecule has 30 heavy (non-hydrogen) atoms. The maximum Gasteiger partial charge on any atom is 0.271 e. The van der Waals surface area contributed by atoms with Gasteiger partial charge in [0, 0.05) is 57.6 Å². The number of amides is 2. The van der Waals surface area contributed by atoms with Gasteiger partial charge in [-0.2, -0.15) is 0 Å². The Morgan fingerprint density at radius 3 is 2.70 bits per heavy atom. The number of nitrogens with zero attached hydrogens (tertiary/aromatic N) is 6. The van der Waals surface area contributed by atoms with Crippen molar-refractivity contribution in [1.82, 2.24) is 29.7 Å². The van der Waals surface area contributed by atoms with E-state index in [1.807, 2.05) is 15.9 Å². The number of nitrogens with one attached hydrogen (secondary N) is 1. The first kappa shape index (κ1) is 19.0. The number of carbonyl (C=O) groups is 2. The number of imidazole rings is 1. The Hall–Kier alpha value is -2.97. The summed E-state index contributed by atoms with van der Waals surface area (Å²) in [5.74, 6) is 1.84. The molecule has 1 N–H and O–H groups in total. The van der Waals surface area contributed by atoms with Crippen LogP contribution in [0.15, 0.2) is 31.0 Å². The molecule has 158 valence electrons. The molecule has 0 radical (unpaired) electrons.